The van der Waals surface area contributed by atoms with Crippen LogP contribution in [0.4, 0.5) is 11.5 Å². The zero-order valence-corrected chi connectivity index (χ0v) is 13.7. The smallest absolute Gasteiger partial charge is 0.128 e. The molecule has 120 valence electrons. The van der Waals surface area contributed by atoms with Crippen molar-refractivity contribution < 1.29 is 0 Å². The van der Waals surface area contributed by atoms with Crippen LogP contribution >= 0.6 is 0 Å². The molecule has 2 N–H and O–H groups in total. The monoisotopic (exact) mass is 308 g/mol. The highest BCUT2D eigenvalue weighted by molar-refractivity contribution is 5.52. The van der Waals surface area contributed by atoms with Crippen LogP contribution in [0.2, 0.25) is 0 Å². The molecule has 1 aliphatic rings. The highest BCUT2D eigenvalue weighted by Crippen LogP contribution is 2.18. The number of benzene rings is 1. The molecule has 0 atom stereocenters. The van der Waals surface area contributed by atoms with Gasteiger partial charge in [0.15, 0.2) is 0 Å². The van der Waals surface area contributed by atoms with Crippen LogP contribution in [0.5, 0.6) is 0 Å². The Hall–Kier alpha value is -2.33. The Balaban J connectivity index is 1.50. The summed E-state index contributed by atoms with van der Waals surface area (Å²) in [7, 11) is 0. The standard InChI is InChI=1S/C19H24N4/c1-16-14-19(21-15-18(16)20)23-12-10-22(11-13-23)9-5-8-17-6-3-2-4-7-17/h2-8,14-15H,9-13,20H2,1H3/b8-5+. The van der Waals surface area contributed by atoms with Crippen molar-refractivity contribution in [1.82, 2.24) is 9.88 Å². The molecule has 1 aromatic carbocycles. The van der Waals surface area contributed by atoms with E-state index >= 15 is 0 Å². The van der Waals surface area contributed by atoms with Crippen LogP contribution in [0, 0.1) is 6.92 Å². The van der Waals surface area contributed by atoms with Crippen LogP contribution in [0.3, 0.4) is 0 Å². The summed E-state index contributed by atoms with van der Waals surface area (Å²) in [6.45, 7) is 7.17. The Labute approximate surface area is 138 Å². The number of piperazine rings is 1. The van der Waals surface area contributed by atoms with Gasteiger partial charge in [-0.2, -0.15) is 0 Å². The maximum absolute atomic E-state index is 5.85. The molecule has 23 heavy (non-hydrogen) atoms. The first-order valence-corrected chi connectivity index (χ1v) is 8.13. The lowest BCUT2D eigenvalue weighted by Crippen LogP contribution is -2.46. The molecule has 0 unspecified atom stereocenters. The fraction of sp³-hybridized carbons (Fsp3) is 0.316. The van der Waals surface area contributed by atoms with E-state index in [1.807, 2.05) is 13.0 Å². The average molecular weight is 308 g/mol. The van der Waals surface area contributed by atoms with E-state index < -0.39 is 0 Å². The number of rotatable bonds is 4. The molecule has 2 heterocycles. The third-order valence-electron chi connectivity index (χ3n) is 4.31. The largest absolute Gasteiger partial charge is 0.397 e. The molecular weight excluding hydrogens is 284 g/mol. The summed E-state index contributed by atoms with van der Waals surface area (Å²) in [5, 5.41) is 0. The van der Waals surface area contributed by atoms with Gasteiger partial charge in [-0.25, -0.2) is 4.98 Å². The molecule has 4 nitrogen and oxygen atoms in total. The number of aromatic nitrogens is 1. The summed E-state index contributed by atoms with van der Waals surface area (Å²) >= 11 is 0. The van der Waals surface area contributed by atoms with Gasteiger partial charge in [-0.1, -0.05) is 42.5 Å². The molecule has 3 rings (SSSR count). The third kappa shape index (κ3) is 4.11. The Morgan fingerprint density at radius 1 is 1.13 bits per heavy atom. The molecular formula is C19H24N4. The quantitative estimate of drug-likeness (QED) is 0.943. The predicted molar refractivity (Wildman–Crippen MR) is 97.5 cm³/mol. The van der Waals surface area contributed by atoms with Crippen molar-refractivity contribution in [3.63, 3.8) is 0 Å². The number of hydrogen-bond acceptors (Lipinski definition) is 4. The minimum Gasteiger partial charge on any atom is -0.397 e. The van der Waals surface area contributed by atoms with Gasteiger partial charge in [-0.3, -0.25) is 4.90 Å². The molecule has 1 aliphatic heterocycles. The molecule has 0 spiro atoms. The topological polar surface area (TPSA) is 45.4 Å². The van der Waals surface area contributed by atoms with Crippen LogP contribution in [0.1, 0.15) is 11.1 Å². The molecule has 0 saturated carbocycles. The van der Waals surface area contributed by atoms with Gasteiger partial charge in [0.2, 0.25) is 0 Å². The van der Waals surface area contributed by atoms with Crippen molar-refractivity contribution in [2.24, 2.45) is 0 Å². The summed E-state index contributed by atoms with van der Waals surface area (Å²) in [4.78, 5) is 9.27. The maximum atomic E-state index is 5.85. The number of nitrogens with zero attached hydrogens (tertiary/aromatic N) is 3. The Morgan fingerprint density at radius 2 is 1.87 bits per heavy atom. The molecule has 4 heteroatoms. The lowest BCUT2D eigenvalue weighted by atomic mass is 10.2. The Morgan fingerprint density at radius 3 is 2.57 bits per heavy atom. The van der Waals surface area contributed by atoms with Crippen LogP contribution in [0.25, 0.3) is 6.08 Å². The van der Waals surface area contributed by atoms with Crippen molar-refractivity contribution in [3.05, 3.63) is 59.8 Å². The second-order valence-electron chi connectivity index (χ2n) is 6.00. The van der Waals surface area contributed by atoms with Crippen molar-refractivity contribution in [3.8, 4) is 0 Å². The van der Waals surface area contributed by atoms with E-state index in [1.54, 1.807) is 6.20 Å². The summed E-state index contributed by atoms with van der Waals surface area (Å²) in [6.07, 6.45) is 6.20. The molecule has 0 radical (unpaired) electrons. The number of anilines is 2. The van der Waals surface area contributed by atoms with E-state index in [4.69, 9.17) is 5.73 Å². The Bertz CT molecular complexity index is 658. The molecule has 1 aromatic heterocycles. The lowest BCUT2D eigenvalue weighted by Gasteiger charge is -2.35. The van der Waals surface area contributed by atoms with E-state index in [2.05, 4.69) is 57.3 Å². The molecule has 1 saturated heterocycles. The third-order valence-corrected chi connectivity index (χ3v) is 4.31. The van der Waals surface area contributed by atoms with Gasteiger partial charge < -0.3 is 10.6 Å². The molecule has 1 fully saturated rings. The summed E-state index contributed by atoms with van der Waals surface area (Å²) in [5.74, 6) is 1.04. The van der Waals surface area contributed by atoms with E-state index in [1.165, 1.54) is 5.56 Å². The fourth-order valence-corrected chi connectivity index (χ4v) is 2.79. The first-order valence-electron chi connectivity index (χ1n) is 8.13. The second kappa shape index (κ2) is 7.29. The fourth-order valence-electron chi connectivity index (χ4n) is 2.79. The van der Waals surface area contributed by atoms with E-state index in [0.29, 0.717) is 0 Å². The minimum absolute atomic E-state index is 0.762. The van der Waals surface area contributed by atoms with Crippen LogP contribution in [-0.4, -0.2) is 42.6 Å². The average Bonchev–Trinajstić information content (AvgIpc) is 2.59. The van der Waals surface area contributed by atoms with Gasteiger partial charge >= 0.3 is 0 Å². The molecule has 0 bridgehead atoms. The van der Waals surface area contributed by atoms with E-state index in [9.17, 15) is 0 Å². The number of nitrogens with two attached hydrogens (primary N) is 1. The van der Waals surface area contributed by atoms with Gasteiger partial charge in [-0.15, -0.1) is 0 Å². The Kier molecular flexibility index (Phi) is 4.93. The van der Waals surface area contributed by atoms with Gasteiger partial charge in [-0.05, 0) is 24.1 Å². The van der Waals surface area contributed by atoms with Crippen LogP contribution in [-0.2, 0) is 0 Å². The highest BCUT2D eigenvalue weighted by Gasteiger charge is 2.17. The summed E-state index contributed by atoms with van der Waals surface area (Å²) in [5.41, 5.74) is 8.97. The number of nitrogen functional groups attached to an aromatic ring is 1. The zero-order valence-electron chi connectivity index (χ0n) is 13.7. The predicted octanol–water partition coefficient (Wildman–Crippen LogP) is 2.81. The van der Waals surface area contributed by atoms with Crippen LogP contribution < -0.4 is 10.6 Å². The molecule has 2 aromatic rings. The SMILES string of the molecule is Cc1cc(N2CCN(C/C=C/c3ccccc3)CC2)ncc1N. The zero-order chi connectivity index (χ0) is 16.1. The van der Waals surface area contributed by atoms with Gasteiger partial charge in [0.05, 0.1) is 11.9 Å². The molecule has 0 amide bonds. The van der Waals surface area contributed by atoms with Gasteiger partial charge in [0.25, 0.3) is 0 Å². The van der Waals surface area contributed by atoms with Gasteiger partial charge in [0.1, 0.15) is 5.82 Å². The second-order valence-corrected chi connectivity index (χ2v) is 6.00. The summed E-state index contributed by atoms with van der Waals surface area (Å²) in [6, 6.07) is 12.5. The van der Waals surface area contributed by atoms with E-state index in [-0.39, 0.29) is 0 Å². The first-order chi connectivity index (χ1) is 11.2. The minimum atomic E-state index is 0.762. The lowest BCUT2D eigenvalue weighted by molar-refractivity contribution is 0.283. The maximum Gasteiger partial charge on any atom is 0.128 e. The van der Waals surface area contributed by atoms with Gasteiger partial charge in [0, 0.05) is 32.7 Å². The van der Waals surface area contributed by atoms with Crippen molar-refractivity contribution in [1.29, 1.82) is 0 Å². The van der Waals surface area contributed by atoms with Crippen molar-refractivity contribution in [2.75, 3.05) is 43.4 Å². The van der Waals surface area contributed by atoms with E-state index in [0.717, 1.165) is 49.8 Å². The molecule has 0 aliphatic carbocycles. The highest BCUT2D eigenvalue weighted by atomic mass is 15.3. The van der Waals surface area contributed by atoms with Crippen molar-refractivity contribution >= 4 is 17.6 Å². The summed E-state index contributed by atoms with van der Waals surface area (Å²) < 4.78 is 0. The van der Waals surface area contributed by atoms with Crippen molar-refractivity contribution in [2.45, 2.75) is 6.92 Å². The number of hydrogen-bond donors (Lipinski definition) is 1. The number of pyridine rings is 1. The number of aryl methyl sites for hydroxylation is 1. The first kappa shape index (κ1) is 15.6. The van der Waals surface area contributed by atoms with Crippen LogP contribution in [0.15, 0.2) is 48.7 Å². The normalized spacial score (nSPS) is 16.1.